The Labute approximate surface area is 97.2 Å². The molecule has 0 spiro atoms. The van der Waals surface area contributed by atoms with Crippen molar-refractivity contribution in [3.8, 4) is 0 Å². The van der Waals surface area contributed by atoms with Gasteiger partial charge < -0.3 is 0 Å². The maximum atomic E-state index is 2.46. The summed E-state index contributed by atoms with van der Waals surface area (Å²) in [4.78, 5) is 0. The van der Waals surface area contributed by atoms with Crippen LogP contribution in [-0.2, 0) is 0 Å². The smallest absolute Gasteiger partial charge is 0.0234 e. The highest BCUT2D eigenvalue weighted by Crippen LogP contribution is 2.22. The van der Waals surface area contributed by atoms with Gasteiger partial charge in [0.15, 0.2) is 0 Å². The highest BCUT2D eigenvalue weighted by atomic mass is 14.1. The van der Waals surface area contributed by atoms with Gasteiger partial charge in [-0.15, -0.1) is 0 Å². The lowest BCUT2D eigenvalue weighted by Gasteiger charge is -2.16. The molecule has 0 heteroatoms. The Bertz CT molecular complexity index is 178. The highest BCUT2D eigenvalue weighted by molar-refractivity contribution is 5.03. The summed E-state index contributed by atoms with van der Waals surface area (Å²) in [6, 6.07) is 0. The van der Waals surface area contributed by atoms with E-state index in [1.54, 1.807) is 5.57 Å². The second-order valence-corrected chi connectivity index (χ2v) is 5.29. The van der Waals surface area contributed by atoms with Crippen molar-refractivity contribution in [2.75, 3.05) is 0 Å². The van der Waals surface area contributed by atoms with Crippen LogP contribution >= 0.6 is 0 Å². The van der Waals surface area contributed by atoms with Gasteiger partial charge in [0.2, 0.25) is 0 Å². The molecule has 0 aromatic rings. The monoisotopic (exact) mass is 210 g/mol. The van der Waals surface area contributed by atoms with E-state index >= 15 is 0 Å². The van der Waals surface area contributed by atoms with Gasteiger partial charge in [-0.05, 0) is 31.1 Å². The normalized spacial score (nSPS) is 18.7. The first kappa shape index (κ1) is 14.7. The molecule has 0 aliphatic heterocycles. The van der Waals surface area contributed by atoms with Crippen molar-refractivity contribution in [1.29, 1.82) is 0 Å². The molecule has 0 rings (SSSR count). The van der Waals surface area contributed by atoms with Crippen LogP contribution in [0.5, 0.6) is 0 Å². The zero-order chi connectivity index (χ0) is 11.8. The summed E-state index contributed by atoms with van der Waals surface area (Å²) in [6.45, 7) is 13.9. The predicted octanol–water partition coefficient (Wildman–Crippen LogP) is 5.44. The summed E-state index contributed by atoms with van der Waals surface area (Å²) in [7, 11) is 0. The molecule has 0 radical (unpaired) electrons. The molecule has 15 heavy (non-hydrogen) atoms. The first-order valence-electron chi connectivity index (χ1n) is 6.69. The van der Waals surface area contributed by atoms with Crippen molar-refractivity contribution in [3.63, 3.8) is 0 Å². The van der Waals surface area contributed by atoms with Crippen LogP contribution < -0.4 is 0 Å². The Balaban J connectivity index is 3.98. The van der Waals surface area contributed by atoms with E-state index in [1.165, 1.54) is 25.7 Å². The molecule has 0 aliphatic carbocycles. The van der Waals surface area contributed by atoms with E-state index in [1.807, 2.05) is 0 Å². The van der Waals surface area contributed by atoms with Gasteiger partial charge in [0.1, 0.15) is 0 Å². The molecule has 3 unspecified atom stereocenters. The van der Waals surface area contributed by atoms with Crippen LogP contribution in [0, 0.1) is 17.8 Å². The Morgan fingerprint density at radius 1 is 1.00 bits per heavy atom. The van der Waals surface area contributed by atoms with Crippen molar-refractivity contribution in [3.05, 3.63) is 11.6 Å². The lowest BCUT2D eigenvalue weighted by Crippen LogP contribution is -2.02. The van der Waals surface area contributed by atoms with Gasteiger partial charge in [0.05, 0.1) is 0 Å². The van der Waals surface area contributed by atoms with Crippen LogP contribution in [0.2, 0.25) is 0 Å². The molecule has 0 aromatic carbocycles. The maximum absolute atomic E-state index is 2.46. The highest BCUT2D eigenvalue weighted by Gasteiger charge is 2.07. The molecule has 0 saturated carbocycles. The Morgan fingerprint density at radius 2 is 1.60 bits per heavy atom. The fraction of sp³-hybridized carbons (Fsp3) is 0.867. The summed E-state index contributed by atoms with van der Waals surface area (Å²) in [6.07, 6.45) is 7.77. The van der Waals surface area contributed by atoms with Crippen molar-refractivity contribution < 1.29 is 0 Å². The number of allylic oxidation sites excluding steroid dienone is 2. The van der Waals surface area contributed by atoms with Crippen LogP contribution in [0.15, 0.2) is 11.6 Å². The van der Waals surface area contributed by atoms with E-state index in [9.17, 15) is 0 Å². The van der Waals surface area contributed by atoms with E-state index in [0.29, 0.717) is 0 Å². The van der Waals surface area contributed by atoms with E-state index in [-0.39, 0.29) is 0 Å². The van der Waals surface area contributed by atoms with Crippen molar-refractivity contribution in [1.82, 2.24) is 0 Å². The van der Waals surface area contributed by atoms with E-state index in [4.69, 9.17) is 0 Å². The predicted molar refractivity (Wildman–Crippen MR) is 71.1 cm³/mol. The fourth-order valence-corrected chi connectivity index (χ4v) is 1.70. The summed E-state index contributed by atoms with van der Waals surface area (Å²) in [5.41, 5.74) is 1.59. The maximum Gasteiger partial charge on any atom is -0.0234 e. The zero-order valence-electron chi connectivity index (χ0n) is 11.6. The third-order valence-electron chi connectivity index (χ3n) is 3.76. The average molecular weight is 210 g/mol. The van der Waals surface area contributed by atoms with Gasteiger partial charge in [0.25, 0.3) is 0 Å². The summed E-state index contributed by atoms with van der Waals surface area (Å²) in [5.74, 6) is 2.41. The number of rotatable bonds is 7. The quantitative estimate of drug-likeness (QED) is 0.491. The standard InChI is InChI=1S/C15H30/c1-7-12(3)9-10-14(5)15(6)11-13(4)8-2/h11-14H,7-10H2,1-6H3. The van der Waals surface area contributed by atoms with Crippen LogP contribution in [0.25, 0.3) is 0 Å². The molecule has 0 nitrogen and oxygen atoms in total. The van der Waals surface area contributed by atoms with Crippen LogP contribution in [0.4, 0.5) is 0 Å². The number of hydrogen-bond donors (Lipinski definition) is 0. The molecular formula is C15H30. The lowest BCUT2D eigenvalue weighted by atomic mass is 9.90. The molecule has 0 aromatic heterocycles. The third kappa shape index (κ3) is 6.76. The van der Waals surface area contributed by atoms with Gasteiger partial charge in [0, 0.05) is 0 Å². The van der Waals surface area contributed by atoms with Gasteiger partial charge in [-0.1, -0.05) is 65.5 Å². The van der Waals surface area contributed by atoms with Gasteiger partial charge in [-0.25, -0.2) is 0 Å². The molecule has 0 fully saturated rings. The van der Waals surface area contributed by atoms with Crippen LogP contribution in [-0.4, -0.2) is 0 Å². The zero-order valence-corrected chi connectivity index (χ0v) is 11.6. The van der Waals surface area contributed by atoms with Crippen molar-refractivity contribution >= 4 is 0 Å². The molecule has 0 bridgehead atoms. The Morgan fingerprint density at radius 3 is 2.07 bits per heavy atom. The first-order valence-corrected chi connectivity index (χ1v) is 6.69. The molecule has 0 heterocycles. The SMILES string of the molecule is CCC(C)C=C(C)C(C)CCC(C)CC. The Hall–Kier alpha value is -0.260. The summed E-state index contributed by atoms with van der Waals surface area (Å²) in [5, 5.41) is 0. The molecule has 3 atom stereocenters. The minimum atomic E-state index is 0.746. The third-order valence-corrected chi connectivity index (χ3v) is 3.76. The summed E-state index contributed by atoms with van der Waals surface area (Å²) >= 11 is 0. The molecule has 90 valence electrons. The fourth-order valence-electron chi connectivity index (χ4n) is 1.70. The Kier molecular flexibility index (Phi) is 7.82. The number of hydrogen-bond acceptors (Lipinski definition) is 0. The molecule has 0 saturated heterocycles. The molecule has 0 aliphatic rings. The minimum absolute atomic E-state index is 0.746. The van der Waals surface area contributed by atoms with Crippen LogP contribution in [0.3, 0.4) is 0 Å². The van der Waals surface area contributed by atoms with E-state index < -0.39 is 0 Å². The molecule has 0 amide bonds. The van der Waals surface area contributed by atoms with Gasteiger partial charge in [-0.3, -0.25) is 0 Å². The second kappa shape index (κ2) is 7.96. The lowest BCUT2D eigenvalue weighted by molar-refractivity contribution is 0.449. The van der Waals surface area contributed by atoms with E-state index in [0.717, 1.165) is 17.8 Å². The topological polar surface area (TPSA) is 0 Å². The van der Waals surface area contributed by atoms with Crippen molar-refractivity contribution in [2.24, 2.45) is 17.8 Å². The van der Waals surface area contributed by atoms with Crippen molar-refractivity contribution in [2.45, 2.75) is 67.2 Å². The second-order valence-electron chi connectivity index (χ2n) is 5.29. The average Bonchev–Trinajstić information content (AvgIpc) is 2.24. The largest absolute Gasteiger partial charge is 0.0825 e. The van der Waals surface area contributed by atoms with Crippen LogP contribution in [0.1, 0.15) is 67.2 Å². The molecule has 0 N–H and O–H groups in total. The summed E-state index contributed by atoms with van der Waals surface area (Å²) < 4.78 is 0. The van der Waals surface area contributed by atoms with Gasteiger partial charge in [-0.2, -0.15) is 0 Å². The molecular weight excluding hydrogens is 180 g/mol. The van der Waals surface area contributed by atoms with Gasteiger partial charge >= 0.3 is 0 Å². The van der Waals surface area contributed by atoms with E-state index in [2.05, 4.69) is 47.6 Å². The first-order chi connectivity index (χ1) is 7.01. The minimum Gasteiger partial charge on any atom is -0.0825 e.